The Labute approximate surface area is 296 Å². The van der Waals surface area contributed by atoms with Crippen LogP contribution in [0.25, 0.3) is 22.7 Å². The topological polar surface area (TPSA) is 139 Å². The predicted octanol–water partition coefficient (Wildman–Crippen LogP) is 7.38. The number of benzene rings is 3. The van der Waals surface area contributed by atoms with Crippen molar-refractivity contribution in [1.82, 2.24) is 29.7 Å². The quantitative estimate of drug-likeness (QED) is 0.102. The van der Waals surface area contributed by atoms with Gasteiger partial charge in [-0.1, -0.05) is 41.6 Å². The van der Waals surface area contributed by atoms with Crippen LogP contribution in [0.2, 0.25) is 5.02 Å². The number of anilines is 1. The number of rotatable bonds is 12. The van der Waals surface area contributed by atoms with Crippen LogP contribution in [0.4, 0.5) is 10.6 Å². The molecule has 2 amide bonds. The van der Waals surface area contributed by atoms with Crippen molar-refractivity contribution in [2.45, 2.75) is 34.9 Å². The van der Waals surface area contributed by atoms with Crippen molar-refractivity contribution >= 4 is 52.6 Å². The van der Waals surface area contributed by atoms with Crippen LogP contribution in [-0.4, -0.2) is 60.1 Å². The Bertz CT molecular complexity index is 2100. The number of amides is 2. The van der Waals surface area contributed by atoms with Gasteiger partial charge in [-0.15, -0.1) is 10.2 Å². The summed E-state index contributed by atoms with van der Waals surface area (Å²) in [4.78, 5) is 15.2. The van der Waals surface area contributed by atoms with E-state index in [9.17, 15) is 9.90 Å². The monoisotopic (exact) mass is 715 g/mol. The smallest absolute Gasteiger partial charge is 0.320 e. The van der Waals surface area contributed by atoms with E-state index in [1.807, 2.05) is 83.6 Å². The number of aromatic nitrogens is 5. The minimum Gasteiger partial charge on any atom is -0.506 e. The lowest BCUT2D eigenvalue weighted by Gasteiger charge is -2.18. The molecule has 6 rings (SSSR count). The van der Waals surface area contributed by atoms with Crippen LogP contribution >= 0.6 is 35.1 Å². The Morgan fingerprint density at radius 1 is 1.02 bits per heavy atom. The molecule has 0 saturated carbocycles. The number of ether oxygens (including phenoxy) is 1. The van der Waals surface area contributed by atoms with Gasteiger partial charge in [-0.05, 0) is 86.3 Å². The van der Waals surface area contributed by atoms with E-state index in [0.29, 0.717) is 28.7 Å². The number of pyridine rings is 1. The molecule has 0 radical (unpaired) electrons. The van der Waals surface area contributed by atoms with Gasteiger partial charge in [0.2, 0.25) is 0 Å². The van der Waals surface area contributed by atoms with Crippen LogP contribution in [-0.2, 0) is 11.3 Å². The van der Waals surface area contributed by atoms with Gasteiger partial charge in [-0.3, -0.25) is 9.72 Å². The van der Waals surface area contributed by atoms with Crippen molar-refractivity contribution in [2.75, 3.05) is 24.8 Å². The van der Waals surface area contributed by atoms with E-state index in [1.165, 1.54) is 6.07 Å². The summed E-state index contributed by atoms with van der Waals surface area (Å²) >= 11 is 9.41. The third-order valence-electron chi connectivity index (χ3n) is 7.74. The largest absolute Gasteiger partial charge is 0.506 e. The van der Waals surface area contributed by atoms with E-state index in [1.54, 1.807) is 40.3 Å². The van der Waals surface area contributed by atoms with Gasteiger partial charge in [-0.2, -0.15) is 16.9 Å². The van der Waals surface area contributed by atoms with Crippen molar-refractivity contribution in [2.24, 2.45) is 0 Å². The Morgan fingerprint density at radius 2 is 1.82 bits per heavy atom. The summed E-state index contributed by atoms with van der Waals surface area (Å²) in [6, 6.07) is 25.5. The number of aliphatic hydroxyl groups is 1. The van der Waals surface area contributed by atoms with E-state index in [-0.39, 0.29) is 35.3 Å². The first-order valence-corrected chi connectivity index (χ1v) is 17.7. The van der Waals surface area contributed by atoms with Gasteiger partial charge in [0.25, 0.3) is 0 Å². The lowest BCUT2D eigenvalue weighted by atomic mass is 10.1. The molecule has 0 bridgehead atoms. The fourth-order valence-electron chi connectivity index (χ4n) is 4.90. The molecule has 14 heteroatoms. The highest BCUT2D eigenvalue weighted by atomic mass is 35.5. The number of urea groups is 1. The number of carbonyl (C=O) groups excluding carboxylic acids is 1. The Hall–Kier alpha value is -4.69. The summed E-state index contributed by atoms with van der Waals surface area (Å²) in [6.45, 7) is 4.58. The molecular formula is C35H34ClN7O4S2. The average Bonchev–Trinajstić information content (AvgIpc) is 3.73. The summed E-state index contributed by atoms with van der Waals surface area (Å²) in [7, 11) is 0. The lowest BCUT2D eigenvalue weighted by molar-refractivity contribution is 0.201. The summed E-state index contributed by atoms with van der Waals surface area (Å²) in [5, 5.41) is 38.6. The number of nitrogens with zero attached hydrogens (tertiary/aromatic N) is 5. The fraction of sp³-hybridized carbons (Fsp3) is 0.200. The van der Waals surface area contributed by atoms with Gasteiger partial charge in [0.1, 0.15) is 23.9 Å². The number of phenols is 1. The zero-order valence-electron chi connectivity index (χ0n) is 26.9. The van der Waals surface area contributed by atoms with Crippen LogP contribution in [0, 0.1) is 0 Å². The van der Waals surface area contributed by atoms with Crippen molar-refractivity contribution in [1.29, 1.82) is 0 Å². The third-order valence-corrected chi connectivity index (χ3v) is 10.4. The SMILES string of the molecule is CSC(C)(C)c1cc(NC(=O)NCc2ccccc2Sc2ccc3nnc(-c4ccc(OCCO)cc4)n3c2)n(-c2ccc(O)c(Cl)c2)n1. The van der Waals surface area contributed by atoms with Crippen LogP contribution in [0.3, 0.4) is 0 Å². The standard InChI is InChI=1S/C35H34ClN7O4S2/c1-35(2,48-3)30-19-32(43(41-30)24-10-14-28(45)27(36)18-24)38-34(46)37-20-23-6-4-5-7-29(23)49-26-13-15-31-39-40-33(42(31)21-26)22-8-11-25(12-9-22)47-17-16-44/h4-15,18-19,21,44-45H,16-17,20H2,1-3H3,(H2,37,38,46). The average molecular weight is 716 g/mol. The lowest BCUT2D eigenvalue weighted by Crippen LogP contribution is -2.29. The third kappa shape index (κ3) is 7.81. The molecule has 3 aromatic carbocycles. The van der Waals surface area contributed by atoms with Gasteiger partial charge in [0.05, 0.1) is 27.8 Å². The maximum absolute atomic E-state index is 13.3. The van der Waals surface area contributed by atoms with Crippen LogP contribution < -0.4 is 15.4 Å². The minimum atomic E-state index is -0.400. The molecule has 0 aliphatic rings. The van der Waals surface area contributed by atoms with Gasteiger partial charge in [0, 0.05) is 34.2 Å². The van der Waals surface area contributed by atoms with Gasteiger partial charge in [0.15, 0.2) is 11.5 Å². The molecule has 0 fully saturated rings. The summed E-state index contributed by atoms with van der Waals surface area (Å²) in [5.41, 5.74) is 3.90. The molecular weight excluding hydrogens is 682 g/mol. The van der Waals surface area contributed by atoms with Crippen molar-refractivity contribution in [3.63, 3.8) is 0 Å². The summed E-state index contributed by atoms with van der Waals surface area (Å²) < 4.78 is 8.72. The molecule has 0 spiro atoms. The highest BCUT2D eigenvalue weighted by molar-refractivity contribution is 7.99. The number of fused-ring (bicyclic) bond motifs is 1. The second-order valence-corrected chi connectivity index (χ2v) is 14.4. The molecule has 49 heavy (non-hydrogen) atoms. The second kappa shape index (κ2) is 14.8. The number of nitrogens with one attached hydrogen (secondary N) is 2. The fourth-order valence-corrected chi connectivity index (χ4v) is 6.35. The first-order valence-electron chi connectivity index (χ1n) is 15.3. The van der Waals surface area contributed by atoms with Crippen molar-refractivity contribution < 1.29 is 19.7 Å². The van der Waals surface area contributed by atoms with Gasteiger partial charge < -0.3 is 20.3 Å². The maximum Gasteiger partial charge on any atom is 0.320 e. The molecule has 0 aliphatic heterocycles. The highest BCUT2D eigenvalue weighted by Crippen LogP contribution is 2.36. The van der Waals surface area contributed by atoms with Gasteiger partial charge in [-0.25, -0.2) is 9.48 Å². The summed E-state index contributed by atoms with van der Waals surface area (Å²) in [6.07, 6.45) is 4.00. The maximum atomic E-state index is 13.3. The number of halogens is 1. The molecule has 3 aromatic heterocycles. The first-order chi connectivity index (χ1) is 23.6. The number of aliphatic hydroxyl groups excluding tert-OH is 1. The predicted molar refractivity (Wildman–Crippen MR) is 194 cm³/mol. The molecule has 0 unspecified atom stereocenters. The molecule has 11 nitrogen and oxygen atoms in total. The van der Waals surface area contributed by atoms with E-state index in [4.69, 9.17) is 26.5 Å². The van der Waals surface area contributed by atoms with E-state index < -0.39 is 6.03 Å². The highest BCUT2D eigenvalue weighted by Gasteiger charge is 2.25. The molecule has 0 atom stereocenters. The number of hydrogen-bond donors (Lipinski definition) is 4. The number of phenolic OH excluding ortho intramolecular Hbond substituents is 1. The summed E-state index contributed by atoms with van der Waals surface area (Å²) in [5.74, 6) is 1.78. The Morgan fingerprint density at radius 3 is 2.57 bits per heavy atom. The molecule has 0 aliphatic carbocycles. The zero-order chi connectivity index (χ0) is 34.5. The first kappa shape index (κ1) is 34.2. The molecule has 3 heterocycles. The van der Waals surface area contributed by atoms with Crippen LogP contribution in [0.5, 0.6) is 11.5 Å². The van der Waals surface area contributed by atoms with Crippen LogP contribution in [0.15, 0.2) is 101 Å². The van der Waals surface area contributed by atoms with E-state index in [2.05, 4.69) is 34.7 Å². The van der Waals surface area contributed by atoms with Gasteiger partial charge >= 0.3 is 6.03 Å². The number of carbonyl (C=O) groups is 1. The van der Waals surface area contributed by atoms with Crippen LogP contribution in [0.1, 0.15) is 25.1 Å². The number of thioether (sulfide) groups is 1. The number of hydrogen-bond acceptors (Lipinski definition) is 9. The van der Waals surface area contributed by atoms with Crippen molar-refractivity contribution in [3.8, 4) is 28.6 Å². The zero-order valence-corrected chi connectivity index (χ0v) is 29.3. The van der Waals surface area contributed by atoms with Crippen molar-refractivity contribution in [3.05, 3.63) is 107 Å². The minimum absolute atomic E-state index is 0.0378. The molecule has 6 aromatic rings. The normalized spacial score (nSPS) is 11.5. The van der Waals surface area contributed by atoms with E-state index >= 15 is 0 Å². The second-order valence-electron chi connectivity index (χ2n) is 11.4. The van der Waals surface area contributed by atoms with E-state index in [0.717, 1.165) is 26.6 Å². The number of aromatic hydroxyl groups is 1. The molecule has 4 N–H and O–H groups in total. The Kier molecular flexibility index (Phi) is 10.3. The molecule has 252 valence electrons. The molecule has 0 saturated heterocycles. The Balaban J connectivity index is 1.18.